The highest BCUT2D eigenvalue weighted by atomic mass is 16.7. The number of ether oxygens (including phenoxy) is 3. The summed E-state index contributed by atoms with van der Waals surface area (Å²) >= 11 is 0. The predicted octanol–water partition coefficient (Wildman–Crippen LogP) is 5.14. The van der Waals surface area contributed by atoms with Crippen LogP contribution < -0.4 is 0 Å². The normalized spacial score (nSPS) is 28.9. The molecule has 194 valence electrons. The van der Waals surface area contributed by atoms with Gasteiger partial charge in [-0.3, -0.25) is 0 Å². The molecular formula is C28H46O6. The third-order valence-electron chi connectivity index (χ3n) is 7.74. The van der Waals surface area contributed by atoms with Crippen molar-refractivity contribution in [3.05, 3.63) is 29.8 Å². The highest BCUT2D eigenvalue weighted by Crippen LogP contribution is 2.44. The molecule has 0 spiro atoms. The molecule has 9 unspecified atom stereocenters. The summed E-state index contributed by atoms with van der Waals surface area (Å²) in [6.07, 6.45) is 6.00. The van der Waals surface area contributed by atoms with Crippen LogP contribution in [-0.2, 0) is 14.2 Å². The van der Waals surface area contributed by atoms with Gasteiger partial charge >= 0.3 is 0 Å². The van der Waals surface area contributed by atoms with Crippen molar-refractivity contribution < 1.29 is 29.5 Å². The minimum Gasteiger partial charge on any atom is -0.508 e. The molecule has 3 saturated carbocycles. The number of aliphatic hydroxyl groups is 2. The molecule has 3 aliphatic rings. The zero-order valence-electron chi connectivity index (χ0n) is 21.4. The van der Waals surface area contributed by atoms with Crippen LogP contribution in [0.15, 0.2) is 24.3 Å². The molecule has 9 atom stereocenters. The summed E-state index contributed by atoms with van der Waals surface area (Å²) in [7, 11) is 0. The number of phenolic OH excluding ortho intramolecular Hbond substituents is 1. The maximum Gasteiger partial charge on any atom is 0.155 e. The summed E-state index contributed by atoms with van der Waals surface area (Å²) in [5.41, 5.74) is 1.20. The third kappa shape index (κ3) is 7.92. The minimum atomic E-state index is -0.473. The van der Waals surface area contributed by atoms with Crippen molar-refractivity contribution in [2.24, 2.45) is 11.8 Å². The first kappa shape index (κ1) is 27.4. The van der Waals surface area contributed by atoms with E-state index in [0.29, 0.717) is 37.2 Å². The lowest BCUT2D eigenvalue weighted by atomic mass is 9.67. The summed E-state index contributed by atoms with van der Waals surface area (Å²) in [6, 6.07) is 7.50. The Morgan fingerprint density at radius 2 is 1.65 bits per heavy atom. The molecule has 0 amide bonds. The lowest BCUT2D eigenvalue weighted by Gasteiger charge is -2.46. The summed E-state index contributed by atoms with van der Waals surface area (Å²) in [5, 5.41) is 30.2. The van der Waals surface area contributed by atoms with E-state index < -0.39 is 6.10 Å². The molecule has 0 radical (unpaired) electrons. The number of phenols is 1. The summed E-state index contributed by atoms with van der Waals surface area (Å²) < 4.78 is 18.7. The zero-order chi connectivity index (χ0) is 24.7. The van der Waals surface area contributed by atoms with Gasteiger partial charge < -0.3 is 29.5 Å². The van der Waals surface area contributed by atoms with Gasteiger partial charge in [-0.25, -0.2) is 0 Å². The molecule has 1 aromatic rings. The average Bonchev–Trinajstić information content (AvgIpc) is 2.78. The number of hydrogen-bond donors (Lipinski definition) is 3. The summed E-state index contributed by atoms with van der Waals surface area (Å²) in [5.74, 6) is 1.33. The molecule has 1 aromatic carbocycles. The van der Waals surface area contributed by atoms with E-state index in [4.69, 9.17) is 14.2 Å². The Kier molecular flexibility index (Phi) is 10.7. The molecule has 6 nitrogen and oxygen atoms in total. The van der Waals surface area contributed by atoms with E-state index in [1.807, 2.05) is 26.0 Å². The van der Waals surface area contributed by atoms with E-state index in [2.05, 4.69) is 6.92 Å². The third-order valence-corrected chi connectivity index (χ3v) is 7.74. The Labute approximate surface area is 205 Å². The first-order valence-corrected chi connectivity index (χ1v) is 13.4. The van der Waals surface area contributed by atoms with Crippen LogP contribution in [0.2, 0.25) is 0 Å². The maximum absolute atomic E-state index is 10.4. The van der Waals surface area contributed by atoms with Crippen LogP contribution in [0.3, 0.4) is 0 Å². The van der Waals surface area contributed by atoms with E-state index >= 15 is 0 Å². The van der Waals surface area contributed by atoms with Gasteiger partial charge in [0.1, 0.15) is 5.75 Å². The quantitative estimate of drug-likeness (QED) is 0.321. The van der Waals surface area contributed by atoms with E-state index in [0.717, 1.165) is 38.5 Å². The van der Waals surface area contributed by atoms with Gasteiger partial charge in [0, 0.05) is 13.0 Å². The largest absolute Gasteiger partial charge is 0.508 e. The van der Waals surface area contributed by atoms with Gasteiger partial charge in [-0.1, -0.05) is 19.1 Å². The second-order valence-electron chi connectivity index (χ2n) is 10.5. The monoisotopic (exact) mass is 478 g/mol. The van der Waals surface area contributed by atoms with Crippen LogP contribution in [-0.4, -0.2) is 58.7 Å². The SMILES string of the molecule is CCOC(C)OC(CC(C)O)CC(CC(CC)c1ccc(O)cc1)OC1CC2CCC1CC2O. The molecule has 2 bridgehead atoms. The Bertz CT molecular complexity index is 707. The number of rotatable bonds is 14. The van der Waals surface area contributed by atoms with Gasteiger partial charge in [0.25, 0.3) is 0 Å². The van der Waals surface area contributed by atoms with Crippen LogP contribution in [0, 0.1) is 11.8 Å². The minimum absolute atomic E-state index is 0.0298. The maximum atomic E-state index is 10.4. The Morgan fingerprint density at radius 1 is 0.941 bits per heavy atom. The second-order valence-corrected chi connectivity index (χ2v) is 10.5. The van der Waals surface area contributed by atoms with Crippen LogP contribution in [0.25, 0.3) is 0 Å². The molecule has 3 aliphatic carbocycles. The second kappa shape index (κ2) is 13.2. The molecule has 0 aliphatic heterocycles. The Morgan fingerprint density at radius 3 is 2.21 bits per heavy atom. The number of hydrogen-bond acceptors (Lipinski definition) is 6. The molecule has 0 saturated heterocycles. The Balaban J connectivity index is 1.75. The van der Waals surface area contributed by atoms with Crippen LogP contribution in [0.1, 0.15) is 90.5 Å². The molecule has 3 N–H and O–H groups in total. The van der Waals surface area contributed by atoms with Gasteiger partial charge in [0.15, 0.2) is 6.29 Å². The van der Waals surface area contributed by atoms with Crippen molar-refractivity contribution in [3.8, 4) is 5.75 Å². The van der Waals surface area contributed by atoms with E-state index in [1.165, 1.54) is 5.56 Å². The fourth-order valence-corrected chi connectivity index (χ4v) is 5.99. The smallest absolute Gasteiger partial charge is 0.155 e. The zero-order valence-corrected chi connectivity index (χ0v) is 21.4. The number of aliphatic hydroxyl groups excluding tert-OH is 2. The van der Waals surface area contributed by atoms with Gasteiger partial charge in [-0.2, -0.15) is 0 Å². The molecule has 4 rings (SSSR count). The lowest BCUT2D eigenvalue weighted by molar-refractivity contribution is -0.182. The molecule has 34 heavy (non-hydrogen) atoms. The molecule has 3 fully saturated rings. The van der Waals surface area contributed by atoms with Crippen molar-refractivity contribution in [2.75, 3.05) is 6.61 Å². The molecule has 0 aromatic heterocycles. The van der Waals surface area contributed by atoms with Crippen LogP contribution in [0.5, 0.6) is 5.75 Å². The number of benzene rings is 1. The molecule has 6 heteroatoms. The first-order chi connectivity index (χ1) is 16.3. The Hall–Kier alpha value is -1.18. The van der Waals surface area contributed by atoms with Crippen molar-refractivity contribution in [2.45, 2.75) is 122 Å². The summed E-state index contributed by atoms with van der Waals surface area (Å²) in [6.45, 7) is 8.42. The van der Waals surface area contributed by atoms with Gasteiger partial charge in [-0.05, 0) is 101 Å². The highest BCUT2D eigenvalue weighted by Gasteiger charge is 2.42. The van der Waals surface area contributed by atoms with E-state index in [-0.39, 0.29) is 36.5 Å². The van der Waals surface area contributed by atoms with E-state index in [9.17, 15) is 15.3 Å². The highest BCUT2D eigenvalue weighted by molar-refractivity contribution is 5.28. The molecular weight excluding hydrogens is 432 g/mol. The topological polar surface area (TPSA) is 88.4 Å². The number of fused-ring (bicyclic) bond motifs is 3. The predicted molar refractivity (Wildman–Crippen MR) is 133 cm³/mol. The standard InChI is InChI=1S/C28H46O6/c1-5-20(21-9-11-24(30)12-10-21)14-26(17-25(13-18(3)29)33-19(4)32-6-2)34-28-16-22-7-8-23(28)15-27(22)31/h9-12,18-20,22-23,25-31H,5-8,13-17H2,1-4H3. The van der Waals surface area contributed by atoms with Crippen LogP contribution >= 0.6 is 0 Å². The van der Waals surface area contributed by atoms with Gasteiger partial charge in [-0.15, -0.1) is 0 Å². The van der Waals surface area contributed by atoms with E-state index in [1.54, 1.807) is 19.1 Å². The lowest BCUT2D eigenvalue weighted by Crippen LogP contribution is -2.46. The first-order valence-electron chi connectivity index (χ1n) is 13.4. The average molecular weight is 479 g/mol. The fourth-order valence-electron chi connectivity index (χ4n) is 5.99. The van der Waals surface area contributed by atoms with Crippen molar-refractivity contribution >= 4 is 0 Å². The summed E-state index contributed by atoms with van der Waals surface area (Å²) in [4.78, 5) is 0. The van der Waals surface area contributed by atoms with Crippen molar-refractivity contribution in [1.82, 2.24) is 0 Å². The van der Waals surface area contributed by atoms with Crippen molar-refractivity contribution in [3.63, 3.8) is 0 Å². The number of aromatic hydroxyl groups is 1. The van der Waals surface area contributed by atoms with Crippen LogP contribution in [0.4, 0.5) is 0 Å². The fraction of sp³-hybridized carbons (Fsp3) is 0.786. The molecule has 0 heterocycles. The van der Waals surface area contributed by atoms with Crippen molar-refractivity contribution in [1.29, 1.82) is 0 Å². The van der Waals surface area contributed by atoms with Gasteiger partial charge in [0.2, 0.25) is 0 Å². The van der Waals surface area contributed by atoms with Gasteiger partial charge in [0.05, 0.1) is 30.5 Å².